The maximum absolute atomic E-state index is 12.4. The van der Waals surface area contributed by atoms with Crippen LogP contribution in [0, 0.1) is 0 Å². The molecule has 1 aromatic carbocycles. The summed E-state index contributed by atoms with van der Waals surface area (Å²) in [4.78, 5) is 28.7. The smallest absolute Gasteiger partial charge is 0.312 e. The van der Waals surface area contributed by atoms with Gasteiger partial charge >= 0.3 is 11.8 Å². The van der Waals surface area contributed by atoms with E-state index >= 15 is 0 Å². The lowest BCUT2D eigenvalue weighted by atomic mass is 10.0. The van der Waals surface area contributed by atoms with Crippen LogP contribution in [-0.4, -0.2) is 52.8 Å². The third-order valence-corrected chi connectivity index (χ3v) is 4.74. The van der Waals surface area contributed by atoms with Gasteiger partial charge in [0.15, 0.2) is 0 Å². The number of nitrogens with one attached hydrogen (secondary N) is 1. The number of benzene rings is 1. The Hall–Kier alpha value is -1.88. The minimum absolute atomic E-state index is 0.0853. The molecule has 1 aliphatic heterocycles. The van der Waals surface area contributed by atoms with Gasteiger partial charge in [0.05, 0.1) is 0 Å². The van der Waals surface area contributed by atoms with Crippen LogP contribution >= 0.6 is 0 Å². The van der Waals surface area contributed by atoms with Crippen LogP contribution in [0.15, 0.2) is 30.3 Å². The normalized spacial score (nSPS) is 16.5. The standard InChI is InChI=1S/C20H31N3O2/c1-5-23(20(2,3)4)19(25)18(24)21-17-11-13-22(14-12-17)15-16-9-7-6-8-10-16/h6-10,17H,5,11-15H2,1-4H3,(H,21,24). The van der Waals surface area contributed by atoms with Crippen molar-refractivity contribution in [3.63, 3.8) is 0 Å². The molecular weight excluding hydrogens is 314 g/mol. The van der Waals surface area contributed by atoms with E-state index in [2.05, 4.69) is 34.5 Å². The van der Waals surface area contributed by atoms with Crippen molar-refractivity contribution in [1.29, 1.82) is 0 Å². The van der Waals surface area contributed by atoms with Crippen molar-refractivity contribution < 1.29 is 9.59 Å². The molecule has 0 bridgehead atoms. The van der Waals surface area contributed by atoms with E-state index in [0.29, 0.717) is 6.54 Å². The number of hydrogen-bond donors (Lipinski definition) is 1. The predicted octanol–water partition coefficient (Wildman–Crippen LogP) is 2.41. The molecule has 1 N–H and O–H groups in total. The van der Waals surface area contributed by atoms with Gasteiger partial charge in [-0.2, -0.15) is 0 Å². The second-order valence-electron chi connectivity index (χ2n) is 7.73. The molecule has 138 valence electrons. The van der Waals surface area contributed by atoms with Crippen LogP contribution in [0.3, 0.4) is 0 Å². The highest BCUT2D eigenvalue weighted by molar-refractivity contribution is 6.35. The molecule has 1 heterocycles. The maximum Gasteiger partial charge on any atom is 0.312 e. The van der Waals surface area contributed by atoms with Gasteiger partial charge in [-0.15, -0.1) is 0 Å². The summed E-state index contributed by atoms with van der Waals surface area (Å²) in [5.41, 5.74) is 0.964. The molecular formula is C20H31N3O2. The zero-order valence-electron chi connectivity index (χ0n) is 15.9. The second-order valence-corrected chi connectivity index (χ2v) is 7.73. The van der Waals surface area contributed by atoms with Gasteiger partial charge in [-0.05, 0) is 46.1 Å². The summed E-state index contributed by atoms with van der Waals surface area (Å²) in [5, 5.41) is 2.93. The van der Waals surface area contributed by atoms with Gasteiger partial charge in [0.25, 0.3) is 0 Å². The van der Waals surface area contributed by atoms with Crippen LogP contribution in [0.25, 0.3) is 0 Å². The zero-order valence-corrected chi connectivity index (χ0v) is 15.9. The molecule has 1 fully saturated rings. The van der Waals surface area contributed by atoms with Crippen molar-refractivity contribution in [1.82, 2.24) is 15.1 Å². The molecule has 0 aliphatic carbocycles. The summed E-state index contributed by atoms with van der Waals surface area (Å²) in [6, 6.07) is 10.5. The first-order valence-electron chi connectivity index (χ1n) is 9.20. The lowest BCUT2D eigenvalue weighted by Gasteiger charge is -2.35. The lowest BCUT2D eigenvalue weighted by molar-refractivity contribution is -0.149. The van der Waals surface area contributed by atoms with Crippen molar-refractivity contribution in [2.24, 2.45) is 0 Å². The van der Waals surface area contributed by atoms with E-state index in [1.807, 2.05) is 33.8 Å². The van der Waals surface area contributed by atoms with Crippen molar-refractivity contribution in [2.45, 2.75) is 58.7 Å². The highest BCUT2D eigenvalue weighted by atomic mass is 16.2. The van der Waals surface area contributed by atoms with Gasteiger partial charge in [-0.3, -0.25) is 14.5 Å². The molecule has 5 heteroatoms. The number of likely N-dealkylation sites (tertiary alicyclic amines) is 1. The molecule has 0 unspecified atom stereocenters. The Morgan fingerprint density at radius 1 is 1.16 bits per heavy atom. The second kappa shape index (κ2) is 8.48. The fourth-order valence-electron chi connectivity index (χ4n) is 3.37. The Kier molecular flexibility index (Phi) is 6.59. The van der Waals surface area contributed by atoms with E-state index in [9.17, 15) is 9.59 Å². The van der Waals surface area contributed by atoms with Crippen molar-refractivity contribution in [2.75, 3.05) is 19.6 Å². The van der Waals surface area contributed by atoms with Gasteiger partial charge < -0.3 is 10.2 Å². The zero-order chi connectivity index (χ0) is 18.4. The molecule has 2 rings (SSSR count). The minimum Gasteiger partial charge on any atom is -0.345 e. The molecule has 5 nitrogen and oxygen atoms in total. The minimum atomic E-state index is -0.474. The molecule has 1 aromatic rings. The Morgan fingerprint density at radius 2 is 1.76 bits per heavy atom. The van der Waals surface area contributed by atoms with Gasteiger partial charge in [-0.25, -0.2) is 0 Å². The average molecular weight is 345 g/mol. The molecule has 0 saturated carbocycles. The van der Waals surface area contributed by atoms with Crippen LogP contribution in [0.1, 0.15) is 46.1 Å². The van der Waals surface area contributed by atoms with Crippen LogP contribution in [0.5, 0.6) is 0 Å². The number of rotatable bonds is 4. The van der Waals surface area contributed by atoms with E-state index in [-0.39, 0.29) is 11.6 Å². The molecule has 1 saturated heterocycles. The molecule has 0 radical (unpaired) electrons. The van der Waals surface area contributed by atoms with Crippen LogP contribution in [-0.2, 0) is 16.1 Å². The SMILES string of the molecule is CCN(C(=O)C(=O)NC1CCN(Cc2ccccc2)CC1)C(C)(C)C. The average Bonchev–Trinajstić information content (AvgIpc) is 2.57. The lowest BCUT2D eigenvalue weighted by Crippen LogP contribution is -2.54. The highest BCUT2D eigenvalue weighted by Gasteiger charge is 2.31. The molecule has 0 atom stereocenters. The van der Waals surface area contributed by atoms with Crippen LogP contribution in [0.2, 0.25) is 0 Å². The first-order valence-corrected chi connectivity index (χ1v) is 9.20. The Bertz CT molecular complexity index is 572. The van der Waals surface area contributed by atoms with Crippen molar-refractivity contribution in [3.8, 4) is 0 Å². The summed E-state index contributed by atoms with van der Waals surface area (Å²) in [5.74, 6) is -0.903. The first-order chi connectivity index (χ1) is 11.8. The topological polar surface area (TPSA) is 52.7 Å². The summed E-state index contributed by atoms with van der Waals surface area (Å²) < 4.78 is 0. The number of amides is 2. The van der Waals surface area contributed by atoms with Crippen molar-refractivity contribution in [3.05, 3.63) is 35.9 Å². The fraction of sp³-hybridized carbons (Fsp3) is 0.600. The summed E-state index contributed by atoms with van der Waals surface area (Å²) >= 11 is 0. The summed E-state index contributed by atoms with van der Waals surface area (Å²) in [6.07, 6.45) is 1.76. The fourth-order valence-corrected chi connectivity index (χ4v) is 3.37. The number of hydrogen-bond acceptors (Lipinski definition) is 3. The number of piperidine rings is 1. The van der Waals surface area contributed by atoms with Gasteiger partial charge in [-0.1, -0.05) is 30.3 Å². The number of likely N-dealkylation sites (N-methyl/N-ethyl adjacent to an activating group) is 1. The van der Waals surface area contributed by atoms with E-state index in [1.54, 1.807) is 4.90 Å². The van der Waals surface area contributed by atoms with Crippen LogP contribution < -0.4 is 5.32 Å². The van der Waals surface area contributed by atoms with Gasteiger partial charge in [0, 0.05) is 37.8 Å². The number of carbonyl (C=O) groups excluding carboxylic acids is 2. The first kappa shape index (κ1) is 19.4. The molecule has 1 aliphatic rings. The van der Waals surface area contributed by atoms with Gasteiger partial charge in [0.1, 0.15) is 0 Å². The Balaban J connectivity index is 1.81. The Labute approximate surface area is 151 Å². The molecule has 0 spiro atoms. The maximum atomic E-state index is 12.4. The van der Waals surface area contributed by atoms with E-state index in [0.717, 1.165) is 32.5 Å². The summed E-state index contributed by atoms with van der Waals surface area (Å²) in [7, 11) is 0. The van der Waals surface area contributed by atoms with E-state index in [4.69, 9.17) is 0 Å². The van der Waals surface area contributed by atoms with Gasteiger partial charge in [0.2, 0.25) is 0 Å². The quantitative estimate of drug-likeness (QED) is 0.853. The largest absolute Gasteiger partial charge is 0.345 e. The third-order valence-electron chi connectivity index (χ3n) is 4.74. The number of nitrogens with zero attached hydrogens (tertiary/aromatic N) is 2. The third kappa shape index (κ3) is 5.56. The predicted molar refractivity (Wildman–Crippen MR) is 100 cm³/mol. The van der Waals surface area contributed by atoms with Crippen molar-refractivity contribution >= 4 is 11.8 Å². The summed E-state index contributed by atoms with van der Waals surface area (Å²) in [6.45, 7) is 11.1. The monoisotopic (exact) mass is 345 g/mol. The van der Waals surface area contributed by atoms with E-state index < -0.39 is 11.8 Å². The van der Waals surface area contributed by atoms with Crippen LogP contribution in [0.4, 0.5) is 0 Å². The highest BCUT2D eigenvalue weighted by Crippen LogP contribution is 2.15. The van der Waals surface area contributed by atoms with E-state index in [1.165, 1.54) is 5.56 Å². The molecule has 2 amide bonds. The number of carbonyl (C=O) groups is 2. The molecule has 25 heavy (non-hydrogen) atoms. The Morgan fingerprint density at radius 3 is 2.28 bits per heavy atom. The molecule has 0 aromatic heterocycles.